The minimum Gasteiger partial charge on any atom is -0.371 e. The highest BCUT2D eigenvalue weighted by atomic mass is 16.2. The van der Waals surface area contributed by atoms with Gasteiger partial charge >= 0.3 is 0 Å². The maximum Gasteiger partial charge on any atom is 0.253 e. The average molecular weight is 418 g/mol. The van der Waals surface area contributed by atoms with E-state index in [0.717, 1.165) is 44.2 Å². The number of carbonyl (C=O) groups is 1. The van der Waals surface area contributed by atoms with Crippen molar-refractivity contribution in [3.8, 4) is 0 Å². The van der Waals surface area contributed by atoms with Crippen molar-refractivity contribution in [3.63, 3.8) is 0 Å². The smallest absolute Gasteiger partial charge is 0.253 e. The summed E-state index contributed by atoms with van der Waals surface area (Å²) >= 11 is 0. The van der Waals surface area contributed by atoms with Gasteiger partial charge in [0.15, 0.2) is 0 Å². The number of amides is 1. The van der Waals surface area contributed by atoms with Gasteiger partial charge in [-0.15, -0.1) is 0 Å². The lowest BCUT2D eigenvalue weighted by Gasteiger charge is -2.41. The second kappa shape index (κ2) is 9.44. The standard InChI is InChI=1S/C27H35N3O/c31-27(30-18-13-24(21-30)22-7-3-1-4-8-22)23-9-11-25(12-10-23)29-19-14-26(15-20-29)28-16-5-2-6-17-28/h1,3-4,7-12,24,26H,2,5-6,13-21H2. The lowest BCUT2D eigenvalue weighted by Crippen LogP contribution is -2.46. The van der Waals surface area contributed by atoms with Crippen LogP contribution in [0.2, 0.25) is 0 Å². The Bertz CT molecular complexity index is 852. The number of hydrogen-bond acceptors (Lipinski definition) is 3. The van der Waals surface area contributed by atoms with E-state index in [-0.39, 0.29) is 5.91 Å². The zero-order chi connectivity index (χ0) is 21.0. The molecular weight excluding hydrogens is 382 g/mol. The molecule has 3 aliphatic heterocycles. The first-order chi connectivity index (χ1) is 15.3. The normalized spacial score (nSPS) is 23.3. The minimum absolute atomic E-state index is 0.175. The summed E-state index contributed by atoms with van der Waals surface area (Å²) in [6, 6.07) is 19.7. The van der Waals surface area contributed by atoms with Crippen molar-refractivity contribution in [1.82, 2.24) is 9.80 Å². The lowest BCUT2D eigenvalue weighted by molar-refractivity contribution is 0.0791. The van der Waals surface area contributed by atoms with E-state index in [1.807, 2.05) is 17.0 Å². The van der Waals surface area contributed by atoms with Gasteiger partial charge in [-0.2, -0.15) is 0 Å². The highest BCUT2D eigenvalue weighted by molar-refractivity contribution is 5.94. The number of nitrogens with zero attached hydrogens (tertiary/aromatic N) is 3. The number of likely N-dealkylation sites (tertiary alicyclic amines) is 2. The fourth-order valence-electron chi connectivity index (χ4n) is 5.71. The summed E-state index contributed by atoms with van der Waals surface area (Å²) in [6.07, 6.45) is 7.73. The molecule has 0 saturated carbocycles. The Morgan fingerprint density at radius 1 is 0.742 bits per heavy atom. The maximum atomic E-state index is 13.0. The molecule has 0 radical (unpaired) electrons. The molecule has 3 fully saturated rings. The van der Waals surface area contributed by atoms with Crippen LogP contribution in [0.15, 0.2) is 54.6 Å². The van der Waals surface area contributed by atoms with Crippen molar-refractivity contribution in [1.29, 1.82) is 0 Å². The molecule has 164 valence electrons. The summed E-state index contributed by atoms with van der Waals surface area (Å²) in [5, 5.41) is 0. The van der Waals surface area contributed by atoms with Crippen molar-refractivity contribution in [2.45, 2.75) is 50.5 Å². The van der Waals surface area contributed by atoms with Gasteiger partial charge in [-0.1, -0.05) is 36.8 Å². The van der Waals surface area contributed by atoms with Gasteiger partial charge in [0.05, 0.1) is 0 Å². The van der Waals surface area contributed by atoms with E-state index in [4.69, 9.17) is 0 Å². The highest BCUT2D eigenvalue weighted by Crippen LogP contribution is 2.29. The molecule has 0 spiro atoms. The quantitative estimate of drug-likeness (QED) is 0.717. The molecule has 3 saturated heterocycles. The monoisotopic (exact) mass is 417 g/mol. The molecule has 31 heavy (non-hydrogen) atoms. The Morgan fingerprint density at radius 2 is 1.45 bits per heavy atom. The molecule has 5 rings (SSSR count). The SMILES string of the molecule is O=C(c1ccc(N2CCC(N3CCCCC3)CC2)cc1)N1CCC(c2ccccc2)C1. The first kappa shape index (κ1) is 20.6. The third-order valence-corrected chi connectivity index (χ3v) is 7.60. The molecule has 0 bridgehead atoms. The van der Waals surface area contributed by atoms with Crippen molar-refractivity contribution >= 4 is 11.6 Å². The molecule has 3 heterocycles. The molecule has 0 aromatic heterocycles. The second-order valence-electron chi connectivity index (χ2n) is 9.51. The Hall–Kier alpha value is -2.33. The molecule has 1 amide bonds. The zero-order valence-electron chi connectivity index (χ0n) is 18.6. The van der Waals surface area contributed by atoms with Crippen molar-refractivity contribution in [2.24, 2.45) is 0 Å². The van der Waals surface area contributed by atoms with Crippen LogP contribution in [0, 0.1) is 0 Å². The number of hydrogen-bond donors (Lipinski definition) is 0. The van der Waals surface area contributed by atoms with Crippen LogP contribution in [0.5, 0.6) is 0 Å². The molecule has 1 unspecified atom stereocenters. The van der Waals surface area contributed by atoms with E-state index in [0.29, 0.717) is 5.92 Å². The Labute approximate surface area is 186 Å². The second-order valence-corrected chi connectivity index (χ2v) is 9.51. The fraction of sp³-hybridized carbons (Fsp3) is 0.519. The first-order valence-electron chi connectivity index (χ1n) is 12.2. The lowest BCUT2D eigenvalue weighted by atomic mass is 9.99. The summed E-state index contributed by atoms with van der Waals surface area (Å²) in [6.45, 7) is 6.52. The van der Waals surface area contributed by atoms with Crippen LogP contribution in [0.25, 0.3) is 0 Å². The predicted molar refractivity (Wildman–Crippen MR) is 127 cm³/mol. The number of piperidine rings is 2. The molecular formula is C27H35N3O. The van der Waals surface area contributed by atoms with E-state index >= 15 is 0 Å². The highest BCUT2D eigenvalue weighted by Gasteiger charge is 2.28. The zero-order valence-corrected chi connectivity index (χ0v) is 18.6. The maximum absolute atomic E-state index is 13.0. The molecule has 3 aliphatic rings. The van der Waals surface area contributed by atoms with Crippen LogP contribution >= 0.6 is 0 Å². The summed E-state index contributed by atoms with van der Waals surface area (Å²) in [5.41, 5.74) is 3.43. The Morgan fingerprint density at radius 3 is 2.16 bits per heavy atom. The van der Waals surface area contributed by atoms with Crippen LogP contribution in [-0.4, -0.2) is 61.0 Å². The van der Waals surface area contributed by atoms with Gasteiger partial charge in [-0.05, 0) is 75.0 Å². The number of benzene rings is 2. The number of carbonyl (C=O) groups excluding carboxylic acids is 1. The van der Waals surface area contributed by atoms with Crippen molar-refractivity contribution < 1.29 is 4.79 Å². The van der Waals surface area contributed by atoms with Crippen LogP contribution in [0.1, 0.15) is 60.4 Å². The third-order valence-electron chi connectivity index (χ3n) is 7.60. The molecule has 4 heteroatoms. The van der Waals surface area contributed by atoms with Gasteiger partial charge in [0.1, 0.15) is 0 Å². The largest absolute Gasteiger partial charge is 0.371 e. The molecule has 0 N–H and O–H groups in total. The average Bonchev–Trinajstić information content (AvgIpc) is 3.35. The number of anilines is 1. The summed E-state index contributed by atoms with van der Waals surface area (Å²) in [5.74, 6) is 0.638. The van der Waals surface area contributed by atoms with Crippen LogP contribution < -0.4 is 4.90 Å². The van der Waals surface area contributed by atoms with E-state index < -0.39 is 0 Å². The van der Waals surface area contributed by atoms with E-state index in [1.165, 1.54) is 56.4 Å². The topological polar surface area (TPSA) is 26.8 Å². The van der Waals surface area contributed by atoms with Gasteiger partial charge in [-0.3, -0.25) is 4.79 Å². The number of rotatable bonds is 4. The van der Waals surface area contributed by atoms with Gasteiger partial charge in [0.25, 0.3) is 5.91 Å². The van der Waals surface area contributed by atoms with Crippen LogP contribution in [0.4, 0.5) is 5.69 Å². The summed E-state index contributed by atoms with van der Waals surface area (Å²) < 4.78 is 0. The Balaban J connectivity index is 1.15. The fourth-order valence-corrected chi connectivity index (χ4v) is 5.71. The Kier molecular flexibility index (Phi) is 6.26. The van der Waals surface area contributed by atoms with Crippen molar-refractivity contribution in [2.75, 3.05) is 44.2 Å². The third kappa shape index (κ3) is 4.64. The summed E-state index contributed by atoms with van der Waals surface area (Å²) in [7, 11) is 0. The van der Waals surface area contributed by atoms with Gasteiger partial charge in [-0.25, -0.2) is 0 Å². The van der Waals surface area contributed by atoms with E-state index in [2.05, 4.69) is 52.3 Å². The van der Waals surface area contributed by atoms with E-state index in [9.17, 15) is 4.79 Å². The molecule has 1 atom stereocenters. The van der Waals surface area contributed by atoms with Gasteiger partial charge in [0, 0.05) is 49.4 Å². The van der Waals surface area contributed by atoms with Crippen LogP contribution in [0.3, 0.4) is 0 Å². The van der Waals surface area contributed by atoms with Crippen molar-refractivity contribution in [3.05, 3.63) is 65.7 Å². The first-order valence-corrected chi connectivity index (χ1v) is 12.2. The predicted octanol–water partition coefficient (Wildman–Crippen LogP) is 4.77. The minimum atomic E-state index is 0.175. The molecule has 2 aromatic rings. The van der Waals surface area contributed by atoms with Gasteiger partial charge in [0.2, 0.25) is 0 Å². The molecule has 2 aromatic carbocycles. The van der Waals surface area contributed by atoms with Crippen LogP contribution in [-0.2, 0) is 0 Å². The molecule has 0 aliphatic carbocycles. The van der Waals surface area contributed by atoms with E-state index in [1.54, 1.807) is 0 Å². The summed E-state index contributed by atoms with van der Waals surface area (Å²) in [4.78, 5) is 20.3. The molecule has 4 nitrogen and oxygen atoms in total. The van der Waals surface area contributed by atoms with Gasteiger partial charge < -0.3 is 14.7 Å².